The van der Waals surface area contributed by atoms with Crippen LogP contribution < -0.4 is 10.2 Å². The van der Waals surface area contributed by atoms with Gasteiger partial charge in [-0.05, 0) is 18.2 Å². The van der Waals surface area contributed by atoms with Gasteiger partial charge in [0.2, 0.25) is 0 Å². The molecule has 0 amide bonds. The zero-order valence-corrected chi connectivity index (χ0v) is 15.2. The minimum Gasteiger partial charge on any atom is -0.395 e. The fourth-order valence-corrected chi connectivity index (χ4v) is 5.79. The number of fused-ring (bicyclic) bond motifs is 1. The van der Waals surface area contributed by atoms with Crippen molar-refractivity contribution in [2.75, 3.05) is 25.1 Å². The van der Waals surface area contributed by atoms with Crippen LogP contribution in [0, 0.1) is 0 Å². The first-order valence-corrected chi connectivity index (χ1v) is 9.43. The Balaban J connectivity index is 1.86. The molecule has 110 valence electrons. The summed E-state index contributed by atoms with van der Waals surface area (Å²) >= 11 is 15.4. The maximum Gasteiger partial charge on any atom is 0.143 e. The Bertz CT molecular complexity index is 713. The highest BCUT2D eigenvalue weighted by Crippen LogP contribution is 2.39. The first-order chi connectivity index (χ1) is 10.1. The number of rotatable bonds is 4. The van der Waals surface area contributed by atoms with Crippen molar-refractivity contribution in [3.8, 4) is 0 Å². The molecule has 8 heteroatoms. The first-order valence-electron chi connectivity index (χ1n) is 6.17. The molecular formula is C13H12N2OS5. The first kappa shape index (κ1) is 15.4. The number of hydrogen-bond donors (Lipinski definition) is 2. The van der Waals surface area contributed by atoms with Crippen molar-refractivity contribution in [3.05, 3.63) is 21.9 Å². The molecule has 0 bridgehead atoms. The van der Waals surface area contributed by atoms with Gasteiger partial charge in [0.25, 0.3) is 0 Å². The number of anilines is 1. The van der Waals surface area contributed by atoms with Crippen molar-refractivity contribution >= 4 is 88.7 Å². The molecule has 1 saturated heterocycles. The van der Waals surface area contributed by atoms with Gasteiger partial charge >= 0.3 is 0 Å². The number of thiophene rings is 2. The summed E-state index contributed by atoms with van der Waals surface area (Å²) in [4.78, 5) is 4.98. The molecular weight excluding hydrogens is 360 g/mol. The standard InChI is InChI=1S/C13H12N2OS5/c1-15(2-3-16)11-6-9-8(20-11)4-7(19-9)5-10-12(17)14-13(18)21-10/h4-6,16H,2-3H2,1H3,(H,14,17,18)/b10-5-. The second-order valence-electron chi connectivity index (χ2n) is 4.46. The summed E-state index contributed by atoms with van der Waals surface area (Å²) in [7, 11) is 1.99. The molecule has 0 unspecified atom stereocenters. The predicted octanol–water partition coefficient (Wildman–Crippen LogP) is 3.68. The van der Waals surface area contributed by atoms with Crippen LogP contribution in [0.15, 0.2) is 17.0 Å². The minimum absolute atomic E-state index is 0.168. The predicted molar refractivity (Wildman–Crippen MR) is 104 cm³/mol. The van der Waals surface area contributed by atoms with E-state index in [0.717, 1.165) is 9.23 Å². The maximum absolute atomic E-state index is 9.00. The van der Waals surface area contributed by atoms with Gasteiger partial charge in [0, 0.05) is 27.9 Å². The van der Waals surface area contributed by atoms with Gasteiger partial charge in [-0.25, -0.2) is 0 Å². The third kappa shape index (κ3) is 3.30. The van der Waals surface area contributed by atoms with Crippen LogP contribution >= 0.6 is 58.9 Å². The van der Waals surface area contributed by atoms with Crippen LogP contribution in [0.1, 0.15) is 4.88 Å². The summed E-state index contributed by atoms with van der Waals surface area (Å²) in [5.41, 5.74) is 0. The average molecular weight is 373 g/mol. The second-order valence-corrected chi connectivity index (χ2v) is 8.76. The van der Waals surface area contributed by atoms with Crippen molar-refractivity contribution in [1.82, 2.24) is 5.32 Å². The Labute approximate surface area is 145 Å². The van der Waals surface area contributed by atoms with E-state index in [-0.39, 0.29) is 6.61 Å². The number of nitrogens with zero attached hydrogens (tertiary/aromatic N) is 1. The summed E-state index contributed by atoms with van der Waals surface area (Å²) in [6.07, 6.45) is 2.09. The number of thioether (sulfide) groups is 1. The Hall–Kier alpha value is -0.510. The molecule has 2 aromatic rings. The average Bonchev–Trinajstić information content (AvgIpc) is 3.04. The lowest BCUT2D eigenvalue weighted by Gasteiger charge is -2.14. The molecule has 0 saturated carbocycles. The van der Waals surface area contributed by atoms with Gasteiger partial charge in [-0.3, -0.25) is 0 Å². The molecule has 0 aromatic carbocycles. The molecule has 0 aliphatic carbocycles. The quantitative estimate of drug-likeness (QED) is 0.630. The number of aliphatic hydroxyl groups is 1. The molecule has 0 spiro atoms. The van der Waals surface area contributed by atoms with Crippen molar-refractivity contribution in [2.24, 2.45) is 0 Å². The van der Waals surface area contributed by atoms with Crippen LogP contribution in [0.2, 0.25) is 0 Å². The van der Waals surface area contributed by atoms with Crippen LogP contribution in [0.4, 0.5) is 5.00 Å². The third-order valence-corrected chi connectivity index (χ3v) is 6.93. The van der Waals surface area contributed by atoms with Crippen molar-refractivity contribution in [1.29, 1.82) is 0 Å². The van der Waals surface area contributed by atoms with E-state index in [1.54, 1.807) is 22.7 Å². The summed E-state index contributed by atoms with van der Waals surface area (Å²) in [5, 5.41) is 13.2. The summed E-state index contributed by atoms with van der Waals surface area (Å²) in [6, 6.07) is 4.35. The molecule has 3 rings (SSSR count). The molecule has 1 aliphatic rings. The number of aliphatic hydroxyl groups excluding tert-OH is 1. The Morgan fingerprint density at radius 2 is 2.05 bits per heavy atom. The lowest BCUT2D eigenvalue weighted by atomic mass is 10.4. The van der Waals surface area contributed by atoms with E-state index in [2.05, 4.69) is 28.4 Å². The van der Waals surface area contributed by atoms with Crippen LogP contribution in [0.3, 0.4) is 0 Å². The van der Waals surface area contributed by atoms with E-state index in [0.29, 0.717) is 11.5 Å². The molecule has 2 N–H and O–H groups in total. The number of likely N-dealkylation sites (N-methyl/N-ethyl adjacent to an activating group) is 1. The number of hydrogen-bond acceptors (Lipinski definition) is 7. The van der Waals surface area contributed by atoms with Gasteiger partial charge in [0.15, 0.2) is 0 Å². The van der Waals surface area contributed by atoms with Crippen LogP contribution in [0.5, 0.6) is 0 Å². The van der Waals surface area contributed by atoms with Crippen LogP contribution in [-0.4, -0.2) is 34.6 Å². The zero-order chi connectivity index (χ0) is 15.0. The van der Waals surface area contributed by atoms with E-state index < -0.39 is 0 Å². The third-order valence-electron chi connectivity index (χ3n) is 2.94. The summed E-state index contributed by atoms with van der Waals surface area (Å²) in [5.74, 6) is 0. The Morgan fingerprint density at radius 1 is 1.29 bits per heavy atom. The number of thiocarbonyl (C=S) groups is 2. The molecule has 0 radical (unpaired) electrons. The fourth-order valence-electron chi connectivity index (χ4n) is 1.91. The largest absolute Gasteiger partial charge is 0.395 e. The summed E-state index contributed by atoms with van der Waals surface area (Å²) < 4.78 is 3.24. The zero-order valence-electron chi connectivity index (χ0n) is 11.1. The SMILES string of the molecule is CN(CCO)c1cc2sc(/C=C3\SC(=S)NC3=S)cc2s1. The molecule has 2 aromatic heterocycles. The smallest absolute Gasteiger partial charge is 0.143 e. The van der Waals surface area contributed by atoms with Gasteiger partial charge in [-0.1, -0.05) is 36.2 Å². The van der Waals surface area contributed by atoms with E-state index in [9.17, 15) is 0 Å². The maximum atomic E-state index is 9.00. The Kier molecular flexibility index (Phi) is 4.63. The van der Waals surface area contributed by atoms with E-state index in [4.69, 9.17) is 29.5 Å². The van der Waals surface area contributed by atoms with E-state index >= 15 is 0 Å². The minimum atomic E-state index is 0.168. The highest BCUT2D eigenvalue weighted by molar-refractivity contribution is 8.27. The molecule has 21 heavy (non-hydrogen) atoms. The van der Waals surface area contributed by atoms with Crippen LogP contribution in [0.25, 0.3) is 15.5 Å². The lowest BCUT2D eigenvalue weighted by Crippen LogP contribution is -2.19. The van der Waals surface area contributed by atoms with E-state index in [1.165, 1.54) is 31.0 Å². The highest BCUT2D eigenvalue weighted by atomic mass is 32.2. The highest BCUT2D eigenvalue weighted by Gasteiger charge is 2.19. The van der Waals surface area contributed by atoms with Gasteiger partial charge in [0.1, 0.15) is 9.31 Å². The van der Waals surface area contributed by atoms with E-state index in [1.807, 2.05) is 7.05 Å². The van der Waals surface area contributed by atoms with Crippen molar-refractivity contribution in [3.63, 3.8) is 0 Å². The van der Waals surface area contributed by atoms with Gasteiger partial charge in [-0.2, -0.15) is 0 Å². The molecule has 1 aliphatic heterocycles. The monoisotopic (exact) mass is 372 g/mol. The number of nitrogens with one attached hydrogen (secondary N) is 1. The molecule has 3 nitrogen and oxygen atoms in total. The molecule has 3 heterocycles. The topological polar surface area (TPSA) is 35.5 Å². The fraction of sp³-hybridized carbons (Fsp3) is 0.231. The van der Waals surface area contributed by atoms with Crippen molar-refractivity contribution in [2.45, 2.75) is 0 Å². The molecule has 0 atom stereocenters. The normalized spacial score (nSPS) is 17.0. The van der Waals surface area contributed by atoms with Gasteiger partial charge < -0.3 is 15.3 Å². The molecule has 1 fully saturated rings. The van der Waals surface area contributed by atoms with Gasteiger partial charge in [-0.15, -0.1) is 22.7 Å². The second kappa shape index (κ2) is 6.31. The van der Waals surface area contributed by atoms with Gasteiger partial charge in [0.05, 0.1) is 16.5 Å². The van der Waals surface area contributed by atoms with Crippen molar-refractivity contribution < 1.29 is 5.11 Å². The summed E-state index contributed by atoms with van der Waals surface area (Å²) in [6.45, 7) is 0.819. The Morgan fingerprint density at radius 3 is 2.67 bits per heavy atom. The lowest BCUT2D eigenvalue weighted by molar-refractivity contribution is 0.304. The van der Waals surface area contributed by atoms with Crippen LogP contribution in [-0.2, 0) is 0 Å².